The van der Waals surface area contributed by atoms with Gasteiger partial charge < -0.3 is 0 Å². The van der Waals surface area contributed by atoms with Crippen molar-refractivity contribution in [3.63, 3.8) is 0 Å². The zero-order chi connectivity index (χ0) is 17.2. The van der Waals surface area contributed by atoms with Crippen LogP contribution in [0.15, 0.2) is 59.5 Å². The third-order valence-electron chi connectivity index (χ3n) is 4.95. The Hall–Kier alpha value is -1.65. The first-order valence-electron chi connectivity index (χ1n) is 8.50. The normalized spacial score (nSPS) is 22.4. The van der Waals surface area contributed by atoms with Gasteiger partial charge in [0.25, 0.3) is 0 Å². The lowest BCUT2D eigenvalue weighted by atomic mass is 9.81. The molecular formula is C20H25NO2S. The summed E-state index contributed by atoms with van der Waals surface area (Å²) in [4.78, 5) is 2.93. The van der Waals surface area contributed by atoms with Crippen LogP contribution in [0, 0.1) is 5.92 Å². The number of nitrogens with zero attached hydrogens (tertiary/aromatic N) is 1. The van der Waals surface area contributed by atoms with E-state index in [1.165, 1.54) is 11.8 Å². The van der Waals surface area contributed by atoms with Crippen molar-refractivity contribution in [1.29, 1.82) is 0 Å². The molecule has 2 aromatic carbocycles. The largest absolute Gasteiger partial charge is 0.299 e. The Bertz CT molecular complexity index is 786. The van der Waals surface area contributed by atoms with Crippen LogP contribution in [-0.2, 0) is 16.4 Å². The van der Waals surface area contributed by atoms with Crippen molar-refractivity contribution >= 4 is 9.84 Å². The molecule has 0 unspecified atom stereocenters. The molecular weight excluding hydrogens is 318 g/mol. The van der Waals surface area contributed by atoms with Gasteiger partial charge in [0.2, 0.25) is 0 Å². The number of likely N-dealkylation sites (tertiary alicyclic amines) is 1. The van der Waals surface area contributed by atoms with Crippen molar-refractivity contribution in [1.82, 2.24) is 4.90 Å². The fourth-order valence-electron chi connectivity index (χ4n) is 3.69. The fourth-order valence-corrected chi connectivity index (χ4v) is 4.36. The van der Waals surface area contributed by atoms with Crippen LogP contribution in [0.5, 0.6) is 0 Å². The molecule has 1 aliphatic rings. The number of benzene rings is 2. The average molecular weight is 343 g/mol. The van der Waals surface area contributed by atoms with Crippen LogP contribution in [0.1, 0.15) is 30.4 Å². The first-order chi connectivity index (χ1) is 11.4. The van der Waals surface area contributed by atoms with E-state index < -0.39 is 9.84 Å². The molecule has 0 aliphatic carbocycles. The maximum atomic E-state index is 11.8. The zero-order valence-corrected chi connectivity index (χ0v) is 15.2. The minimum atomic E-state index is -3.14. The number of hydrogen-bond acceptors (Lipinski definition) is 3. The van der Waals surface area contributed by atoms with Gasteiger partial charge in [-0.3, -0.25) is 4.90 Å². The number of hydrogen-bond donors (Lipinski definition) is 0. The molecule has 24 heavy (non-hydrogen) atoms. The summed E-state index contributed by atoms with van der Waals surface area (Å²) >= 11 is 0. The molecule has 2 aromatic rings. The standard InChI is InChI=1S/C20H25NO2S/c1-16-14-21(15-17-7-4-3-5-8-17)12-11-20(16)18-9-6-10-19(13-18)24(2,22)23/h3-10,13,16,20H,11-12,14-15H2,1-2H3/t16-,20+/m0/s1. The molecule has 0 aromatic heterocycles. The van der Waals surface area contributed by atoms with Crippen LogP contribution in [-0.4, -0.2) is 32.7 Å². The second-order valence-electron chi connectivity index (χ2n) is 6.94. The molecule has 128 valence electrons. The van der Waals surface area contributed by atoms with E-state index in [0.29, 0.717) is 16.7 Å². The van der Waals surface area contributed by atoms with Gasteiger partial charge in [0.15, 0.2) is 9.84 Å². The molecule has 1 heterocycles. The van der Waals surface area contributed by atoms with Crippen molar-refractivity contribution < 1.29 is 8.42 Å². The molecule has 0 spiro atoms. The van der Waals surface area contributed by atoms with Gasteiger partial charge in [-0.1, -0.05) is 49.4 Å². The first-order valence-corrected chi connectivity index (χ1v) is 10.4. The van der Waals surface area contributed by atoms with E-state index in [2.05, 4.69) is 42.2 Å². The van der Waals surface area contributed by atoms with E-state index in [9.17, 15) is 8.42 Å². The summed E-state index contributed by atoms with van der Waals surface area (Å²) in [6, 6.07) is 18.1. The van der Waals surface area contributed by atoms with Crippen molar-refractivity contribution in [2.75, 3.05) is 19.3 Å². The molecule has 3 rings (SSSR count). The van der Waals surface area contributed by atoms with Gasteiger partial charge in [0.05, 0.1) is 4.90 Å². The van der Waals surface area contributed by atoms with E-state index in [4.69, 9.17) is 0 Å². The molecule has 0 bridgehead atoms. The van der Waals surface area contributed by atoms with E-state index in [1.807, 2.05) is 18.2 Å². The summed E-state index contributed by atoms with van der Waals surface area (Å²) in [6.45, 7) is 5.35. The minimum absolute atomic E-state index is 0.429. The second-order valence-corrected chi connectivity index (χ2v) is 8.95. The molecule has 4 heteroatoms. The third-order valence-corrected chi connectivity index (χ3v) is 6.06. The summed E-state index contributed by atoms with van der Waals surface area (Å²) in [6.07, 6.45) is 2.35. The van der Waals surface area contributed by atoms with Gasteiger partial charge in [-0.05, 0) is 48.1 Å². The third kappa shape index (κ3) is 4.05. The lowest BCUT2D eigenvalue weighted by Gasteiger charge is -2.37. The van der Waals surface area contributed by atoms with E-state index in [-0.39, 0.29) is 0 Å². The summed E-state index contributed by atoms with van der Waals surface area (Å²) in [5.41, 5.74) is 2.51. The molecule has 2 atom stereocenters. The predicted molar refractivity (Wildman–Crippen MR) is 97.8 cm³/mol. The first kappa shape index (κ1) is 17.2. The Morgan fingerprint density at radius 2 is 1.83 bits per heavy atom. The molecule has 0 N–H and O–H groups in total. The van der Waals surface area contributed by atoms with Crippen molar-refractivity contribution in [3.8, 4) is 0 Å². The van der Waals surface area contributed by atoms with Gasteiger partial charge >= 0.3 is 0 Å². The lowest BCUT2D eigenvalue weighted by Crippen LogP contribution is -2.37. The number of piperidine rings is 1. The molecule has 1 aliphatic heterocycles. The Balaban J connectivity index is 1.70. The number of sulfone groups is 1. The predicted octanol–water partition coefficient (Wildman–Crippen LogP) is 3.72. The van der Waals surface area contributed by atoms with Crippen LogP contribution in [0.25, 0.3) is 0 Å². The SMILES string of the molecule is C[C@H]1CN(Cc2ccccc2)CC[C@H]1c1cccc(S(C)(=O)=O)c1. The molecule has 1 saturated heterocycles. The van der Waals surface area contributed by atoms with E-state index in [0.717, 1.165) is 31.6 Å². The van der Waals surface area contributed by atoms with Crippen LogP contribution in [0.4, 0.5) is 0 Å². The van der Waals surface area contributed by atoms with Gasteiger partial charge in [0, 0.05) is 19.3 Å². The average Bonchev–Trinajstić information content (AvgIpc) is 2.55. The van der Waals surface area contributed by atoms with Crippen LogP contribution < -0.4 is 0 Å². The monoisotopic (exact) mass is 343 g/mol. The Morgan fingerprint density at radius 1 is 1.08 bits per heavy atom. The molecule has 0 amide bonds. The number of rotatable bonds is 4. The summed E-state index contributed by atoms with van der Waals surface area (Å²) < 4.78 is 23.6. The highest BCUT2D eigenvalue weighted by atomic mass is 32.2. The van der Waals surface area contributed by atoms with E-state index in [1.54, 1.807) is 6.07 Å². The minimum Gasteiger partial charge on any atom is -0.299 e. The summed E-state index contributed by atoms with van der Waals surface area (Å²) in [5.74, 6) is 0.941. The maximum Gasteiger partial charge on any atom is 0.175 e. The quantitative estimate of drug-likeness (QED) is 0.849. The summed E-state index contributed by atoms with van der Waals surface area (Å²) in [7, 11) is -3.14. The maximum absolute atomic E-state index is 11.8. The lowest BCUT2D eigenvalue weighted by molar-refractivity contribution is 0.156. The Morgan fingerprint density at radius 3 is 2.50 bits per heavy atom. The summed E-state index contributed by atoms with van der Waals surface area (Å²) in [5, 5.41) is 0. The molecule has 0 saturated carbocycles. The highest BCUT2D eigenvalue weighted by molar-refractivity contribution is 7.90. The van der Waals surface area contributed by atoms with E-state index >= 15 is 0 Å². The van der Waals surface area contributed by atoms with Gasteiger partial charge in [-0.15, -0.1) is 0 Å². The van der Waals surface area contributed by atoms with Crippen LogP contribution >= 0.6 is 0 Å². The van der Waals surface area contributed by atoms with Gasteiger partial charge in [-0.25, -0.2) is 8.42 Å². The molecule has 0 radical (unpaired) electrons. The van der Waals surface area contributed by atoms with Gasteiger partial charge in [0.1, 0.15) is 0 Å². The Labute approximate surface area is 145 Å². The fraction of sp³-hybridized carbons (Fsp3) is 0.400. The van der Waals surface area contributed by atoms with Gasteiger partial charge in [-0.2, -0.15) is 0 Å². The second kappa shape index (κ2) is 7.08. The highest BCUT2D eigenvalue weighted by Gasteiger charge is 2.27. The van der Waals surface area contributed by atoms with Crippen molar-refractivity contribution in [3.05, 3.63) is 65.7 Å². The Kier molecular flexibility index (Phi) is 5.07. The topological polar surface area (TPSA) is 37.4 Å². The van der Waals surface area contributed by atoms with Crippen molar-refractivity contribution in [2.24, 2.45) is 5.92 Å². The van der Waals surface area contributed by atoms with Crippen LogP contribution in [0.2, 0.25) is 0 Å². The molecule has 1 fully saturated rings. The highest BCUT2D eigenvalue weighted by Crippen LogP contribution is 2.34. The molecule has 3 nitrogen and oxygen atoms in total. The van der Waals surface area contributed by atoms with Crippen LogP contribution in [0.3, 0.4) is 0 Å². The zero-order valence-electron chi connectivity index (χ0n) is 14.4. The smallest absolute Gasteiger partial charge is 0.175 e. The van der Waals surface area contributed by atoms with Crippen molar-refractivity contribution in [2.45, 2.75) is 30.7 Å².